The normalized spacial score (nSPS) is 12.6. The summed E-state index contributed by atoms with van der Waals surface area (Å²) in [6, 6.07) is -0.630. The summed E-state index contributed by atoms with van der Waals surface area (Å²) in [4.78, 5) is 24.6. The molecule has 0 aromatic carbocycles. The Bertz CT molecular complexity index is 1170. The highest BCUT2D eigenvalue weighted by atomic mass is 16.5. The molecule has 0 spiro atoms. The summed E-state index contributed by atoms with van der Waals surface area (Å²) < 4.78 is 5.50. The maximum absolute atomic E-state index is 12.5. The number of esters is 1. The zero-order chi connectivity index (χ0) is 54.3. The average Bonchev–Trinajstić information content (AvgIpc) is 3.41. The molecule has 0 rings (SSSR count). The smallest absolute Gasteiger partial charge is 0.305 e. The molecule has 444 valence electrons. The van der Waals surface area contributed by atoms with Gasteiger partial charge in [-0.3, -0.25) is 9.59 Å². The number of aliphatic hydroxyl groups excluding tert-OH is 2. The molecule has 0 fully saturated rings. The van der Waals surface area contributed by atoms with E-state index < -0.39 is 12.1 Å². The Labute approximate surface area is 469 Å². The van der Waals surface area contributed by atoms with Gasteiger partial charge in [0.15, 0.2) is 0 Å². The van der Waals surface area contributed by atoms with Gasteiger partial charge in [-0.1, -0.05) is 334 Å². The van der Waals surface area contributed by atoms with E-state index in [2.05, 4.69) is 31.3 Å². The zero-order valence-electron chi connectivity index (χ0n) is 50.8. The lowest BCUT2D eigenvalue weighted by Crippen LogP contribution is -2.45. The topological polar surface area (TPSA) is 95.9 Å². The van der Waals surface area contributed by atoms with Crippen molar-refractivity contribution in [1.29, 1.82) is 0 Å². The van der Waals surface area contributed by atoms with Crippen LogP contribution in [0.1, 0.15) is 380 Å². The van der Waals surface area contributed by atoms with Crippen LogP contribution in [0.5, 0.6) is 0 Å². The van der Waals surface area contributed by atoms with Gasteiger partial charge in [-0.2, -0.15) is 0 Å². The van der Waals surface area contributed by atoms with Crippen LogP contribution in [0.25, 0.3) is 0 Å². The molecule has 0 saturated carbocycles. The predicted octanol–water partition coefficient (Wildman–Crippen LogP) is 21.8. The molecule has 6 heteroatoms. The highest BCUT2D eigenvalue weighted by Gasteiger charge is 2.18. The minimum atomic E-state index is -0.847. The number of rotatable bonds is 64. The monoisotopic (exact) mass is 1060 g/mol. The first-order valence-corrected chi connectivity index (χ1v) is 34.1. The number of amides is 1. The molecule has 0 bridgehead atoms. The Morgan fingerprint density at radius 3 is 0.947 bits per heavy atom. The molecule has 0 radical (unpaired) electrons. The van der Waals surface area contributed by atoms with Crippen LogP contribution in [0.2, 0.25) is 0 Å². The van der Waals surface area contributed by atoms with Gasteiger partial charge >= 0.3 is 5.97 Å². The van der Waals surface area contributed by atoms with Gasteiger partial charge in [0.2, 0.25) is 5.91 Å². The van der Waals surface area contributed by atoms with Gasteiger partial charge < -0.3 is 20.3 Å². The van der Waals surface area contributed by atoms with Crippen LogP contribution in [0, 0.1) is 0 Å². The lowest BCUT2D eigenvalue weighted by Gasteiger charge is -2.20. The largest absolute Gasteiger partial charge is 0.466 e. The Kier molecular flexibility index (Phi) is 63.4. The van der Waals surface area contributed by atoms with Crippen LogP contribution < -0.4 is 5.32 Å². The van der Waals surface area contributed by atoms with E-state index in [1.165, 1.54) is 308 Å². The van der Waals surface area contributed by atoms with Crippen molar-refractivity contribution in [1.82, 2.24) is 5.32 Å². The first kappa shape index (κ1) is 73.3. The third kappa shape index (κ3) is 61.4. The maximum atomic E-state index is 12.5. The van der Waals surface area contributed by atoms with Crippen molar-refractivity contribution >= 4 is 11.9 Å². The van der Waals surface area contributed by atoms with E-state index in [1.54, 1.807) is 6.08 Å². The fourth-order valence-electron chi connectivity index (χ4n) is 10.7. The SMILES string of the molecule is CCCCCCCC/C=C\CCCCCCCCCC(=O)OCCCCCCCCCCCCCCCCCCCCCCC(=O)NC(CO)C(O)/C=C/CCCCCCCCCCCCCCCCCCCCC. The van der Waals surface area contributed by atoms with Crippen LogP contribution in [-0.2, 0) is 14.3 Å². The molecule has 0 aromatic rings. The number of carbonyl (C=O) groups is 2. The summed E-state index contributed by atoms with van der Waals surface area (Å²) >= 11 is 0. The van der Waals surface area contributed by atoms with Crippen LogP contribution in [0.3, 0.4) is 0 Å². The van der Waals surface area contributed by atoms with Crippen LogP contribution in [0.4, 0.5) is 0 Å². The summed E-state index contributed by atoms with van der Waals surface area (Å²) in [5.41, 5.74) is 0. The fourth-order valence-corrected chi connectivity index (χ4v) is 10.7. The molecular weight excluding hydrogens is 923 g/mol. The third-order valence-electron chi connectivity index (χ3n) is 16.0. The Morgan fingerprint density at radius 2 is 0.627 bits per heavy atom. The van der Waals surface area contributed by atoms with Gasteiger partial charge in [-0.15, -0.1) is 0 Å². The molecule has 0 saturated heterocycles. The van der Waals surface area contributed by atoms with E-state index in [9.17, 15) is 19.8 Å². The summed E-state index contributed by atoms with van der Waals surface area (Å²) in [7, 11) is 0. The van der Waals surface area contributed by atoms with Crippen molar-refractivity contribution < 1.29 is 24.5 Å². The van der Waals surface area contributed by atoms with E-state index >= 15 is 0 Å². The van der Waals surface area contributed by atoms with Gasteiger partial charge in [0.25, 0.3) is 0 Å². The molecule has 0 aliphatic rings. The van der Waals surface area contributed by atoms with Crippen LogP contribution in [-0.4, -0.2) is 47.4 Å². The second kappa shape index (κ2) is 64.9. The van der Waals surface area contributed by atoms with Crippen molar-refractivity contribution in [2.24, 2.45) is 0 Å². The summed E-state index contributed by atoms with van der Waals surface area (Å²) in [6.07, 6.45) is 80.9. The Hall–Kier alpha value is -1.66. The minimum absolute atomic E-state index is 0.00746. The van der Waals surface area contributed by atoms with Crippen molar-refractivity contribution in [3.8, 4) is 0 Å². The average molecular weight is 1060 g/mol. The van der Waals surface area contributed by atoms with Crippen LogP contribution in [0.15, 0.2) is 24.3 Å². The maximum Gasteiger partial charge on any atom is 0.305 e. The lowest BCUT2D eigenvalue weighted by atomic mass is 10.0. The Balaban J connectivity index is 3.41. The predicted molar refractivity (Wildman–Crippen MR) is 329 cm³/mol. The highest BCUT2D eigenvalue weighted by molar-refractivity contribution is 5.76. The van der Waals surface area contributed by atoms with E-state index in [1.807, 2.05) is 6.08 Å². The number of aliphatic hydroxyl groups is 2. The fraction of sp³-hybridized carbons (Fsp3) is 0.913. The van der Waals surface area contributed by atoms with Crippen molar-refractivity contribution in [2.45, 2.75) is 392 Å². The third-order valence-corrected chi connectivity index (χ3v) is 16.0. The number of carbonyl (C=O) groups excluding carboxylic acids is 2. The molecule has 1 amide bonds. The van der Waals surface area contributed by atoms with Gasteiger partial charge in [0.1, 0.15) is 0 Å². The van der Waals surface area contributed by atoms with E-state index in [-0.39, 0.29) is 18.5 Å². The molecule has 6 nitrogen and oxygen atoms in total. The van der Waals surface area contributed by atoms with E-state index in [0.29, 0.717) is 19.4 Å². The molecule has 0 heterocycles. The van der Waals surface area contributed by atoms with E-state index in [0.717, 1.165) is 44.9 Å². The quantitative estimate of drug-likeness (QED) is 0.0320. The molecular formula is C69H133NO5. The molecule has 75 heavy (non-hydrogen) atoms. The first-order chi connectivity index (χ1) is 37.0. The first-order valence-electron chi connectivity index (χ1n) is 34.1. The van der Waals surface area contributed by atoms with Gasteiger partial charge in [-0.25, -0.2) is 0 Å². The van der Waals surface area contributed by atoms with Gasteiger partial charge in [-0.05, 0) is 57.8 Å². The number of ether oxygens (including phenoxy) is 1. The van der Waals surface area contributed by atoms with Crippen molar-refractivity contribution in [3.05, 3.63) is 24.3 Å². The van der Waals surface area contributed by atoms with Gasteiger partial charge in [0, 0.05) is 12.8 Å². The number of hydrogen-bond donors (Lipinski definition) is 3. The minimum Gasteiger partial charge on any atom is -0.466 e. The molecule has 0 aliphatic carbocycles. The lowest BCUT2D eigenvalue weighted by molar-refractivity contribution is -0.143. The molecule has 2 unspecified atom stereocenters. The molecule has 0 aromatic heterocycles. The highest BCUT2D eigenvalue weighted by Crippen LogP contribution is 2.18. The van der Waals surface area contributed by atoms with Gasteiger partial charge in [0.05, 0.1) is 25.4 Å². The molecule has 2 atom stereocenters. The number of nitrogens with one attached hydrogen (secondary N) is 1. The zero-order valence-corrected chi connectivity index (χ0v) is 50.8. The standard InChI is InChI=1S/C69H133NO5/c1-3-5-7-9-11-13-15-17-19-21-22-23-26-30-33-37-41-45-49-53-57-61-67(72)66(65-71)70-68(73)62-58-54-50-46-42-38-34-31-27-24-25-28-32-36-40-44-48-52-56-60-64-75-69(74)63-59-55-51-47-43-39-35-29-20-18-16-14-12-10-8-6-4-2/h18,20,57,61,66-67,71-72H,3-17,19,21-56,58-60,62-65H2,1-2H3,(H,70,73)/b20-18-,61-57+. The number of allylic oxidation sites excluding steroid dienone is 3. The second-order valence-electron chi connectivity index (χ2n) is 23.5. The number of unbranched alkanes of at least 4 members (excludes halogenated alkanes) is 51. The Morgan fingerprint density at radius 1 is 0.360 bits per heavy atom. The van der Waals surface area contributed by atoms with E-state index in [4.69, 9.17) is 4.74 Å². The van der Waals surface area contributed by atoms with Crippen LogP contribution >= 0.6 is 0 Å². The molecule has 0 aliphatic heterocycles. The summed E-state index contributed by atoms with van der Waals surface area (Å²) in [6.45, 7) is 4.93. The summed E-state index contributed by atoms with van der Waals surface area (Å²) in [5, 5.41) is 23.2. The molecule has 3 N–H and O–H groups in total. The van der Waals surface area contributed by atoms with Crippen molar-refractivity contribution in [3.63, 3.8) is 0 Å². The summed E-state index contributed by atoms with van der Waals surface area (Å²) in [5.74, 6) is -0.0586. The number of hydrogen-bond acceptors (Lipinski definition) is 5. The van der Waals surface area contributed by atoms with Crippen molar-refractivity contribution in [2.75, 3.05) is 13.2 Å². The second-order valence-corrected chi connectivity index (χ2v) is 23.5.